The lowest BCUT2D eigenvalue weighted by atomic mass is 9.89. The van der Waals surface area contributed by atoms with Crippen LogP contribution in [-0.2, 0) is 11.2 Å². The summed E-state index contributed by atoms with van der Waals surface area (Å²) in [6.07, 6.45) is 2.15. The van der Waals surface area contributed by atoms with Gasteiger partial charge in [-0.05, 0) is 17.9 Å². The van der Waals surface area contributed by atoms with Crippen molar-refractivity contribution < 1.29 is 9.53 Å². The van der Waals surface area contributed by atoms with Crippen molar-refractivity contribution in [3.05, 3.63) is 28.7 Å². The number of nitrogens with zero attached hydrogens (tertiary/aromatic N) is 3. The number of aromatic amines is 1. The first-order valence-corrected chi connectivity index (χ1v) is 7.30. The summed E-state index contributed by atoms with van der Waals surface area (Å²) in [6.45, 7) is 5.99. The van der Waals surface area contributed by atoms with Gasteiger partial charge in [0.05, 0.1) is 13.3 Å². The number of carbonyl (C=O) groups excluding carboxylic acids is 1. The van der Waals surface area contributed by atoms with E-state index in [1.165, 1.54) is 13.3 Å². The minimum absolute atomic E-state index is 0.132. The number of methoxy groups -OCH3 is 1. The number of nitrogen functional groups attached to an aromatic ring is 1. The van der Waals surface area contributed by atoms with Crippen LogP contribution in [0.2, 0.25) is 0 Å². The average molecular weight is 313 g/mol. The van der Waals surface area contributed by atoms with Gasteiger partial charge in [-0.3, -0.25) is 5.10 Å². The van der Waals surface area contributed by atoms with Crippen molar-refractivity contribution in [2.75, 3.05) is 12.8 Å². The minimum Gasteiger partial charge on any atom is -0.464 e. The molecular weight excluding hydrogens is 294 g/mol. The highest BCUT2D eigenvalue weighted by molar-refractivity contribution is 5.97. The van der Waals surface area contributed by atoms with Gasteiger partial charge in [0.25, 0.3) is 0 Å². The van der Waals surface area contributed by atoms with Crippen molar-refractivity contribution in [3.63, 3.8) is 0 Å². The normalized spacial score (nSPS) is 10.6. The molecule has 2 aromatic rings. The third-order valence-corrected chi connectivity index (χ3v) is 3.67. The maximum Gasteiger partial charge on any atom is 0.356 e. The highest BCUT2D eigenvalue weighted by Gasteiger charge is 2.25. The molecular formula is C16H19N5O2. The molecule has 3 N–H and O–H groups in total. The van der Waals surface area contributed by atoms with Gasteiger partial charge in [-0.1, -0.05) is 20.8 Å². The van der Waals surface area contributed by atoms with E-state index in [1.807, 2.05) is 20.8 Å². The van der Waals surface area contributed by atoms with Crippen LogP contribution in [0.3, 0.4) is 0 Å². The first kappa shape index (κ1) is 16.5. The number of hydrogen-bond donors (Lipinski definition) is 2. The molecule has 0 aromatic carbocycles. The molecule has 2 heterocycles. The van der Waals surface area contributed by atoms with E-state index in [0.29, 0.717) is 17.5 Å². The number of nitriles is 1. The van der Waals surface area contributed by atoms with E-state index in [0.717, 1.165) is 11.3 Å². The molecule has 0 unspecified atom stereocenters. The SMILES string of the molecule is CCc1c(C(C)C)nc(N)c(C#N)c1-c1cn[nH]c1C(=O)OC. The number of carbonyl (C=O) groups is 1. The summed E-state index contributed by atoms with van der Waals surface area (Å²) < 4.78 is 4.77. The number of nitrogens with one attached hydrogen (secondary N) is 1. The summed E-state index contributed by atoms with van der Waals surface area (Å²) >= 11 is 0. The number of hydrogen-bond acceptors (Lipinski definition) is 6. The van der Waals surface area contributed by atoms with Gasteiger partial charge in [-0.2, -0.15) is 10.4 Å². The number of ether oxygens (including phenoxy) is 1. The fourth-order valence-corrected chi connectivity index (χ4v) is 2.64. The molecule has 7 nitrogen and oxygen atoms in total. The maximum absolute atomic E-state index is 11.9. The predicted octanol–water partition coefficient (Wildman–Crippen LogP) is 2.40. The first-order valence-electron chi connectivity index (χ1n) is 7.30. The van der Waals surface area contributed by atoms with E-state index in [1.54, 1.807) is 0 Å². The van der Waals surface area contributed by atoms with Gasteiger partial charge in [0.15, 0.2) is 5.69 Å². The molecule has 0 atom stereocenters. The average Bonchev–Trinajstić information content (AvgIpc) is 3.01. The Morgan fingerprint density at radius 3 is 2.74 bits per heavy atom. The molecule has 23 heavy (non-hydrogen) atoms. The molecule has 0 saturated carbocycles. The van der Waals surface area contributed by atoms with Crippen LogP contribution < -0.4 is 5.73 Å². The smallest absolute Gasteiger partial charge is 0.356 e. The van der Waals surface area contributed by atoms with Gasteiger partial charge in [-0.25, -0.2) is 9.78 Å². The number of pyridine rings is 1. The van der Waals surface area contributed by atoms with Crippen molar-refractivity contribution >= 4 is 11.8 Å². The monoisotopic (exact) mass is 313 g/mol. The highest BCUT2D eigenvalue weighted by atomic mass is 16.5. The van der Waals surface area contributed by atoms with E-state index >= 15 is 0 Å². The third kappa shape index (κ3) is 2.75. The molecule has 0 saturated heterocycles. The number of aromatic nitrogens is 3. The van der Waals surface area contributed by atoms with Crippen LogP contribution in [0.5, 0.6) is 0 Å². The molecule has 0 spiro atoms. The molecule has 2 rings (SSSR count). The first-order chi connectivity index (χ1) is 11.0. The Morgan fingerprint density at radius 2 is 2.22 bits per heavy atom. The summed E-state index contributed by atoms with van der Waals surface area (Å²) in [6, 6.07) is 2.10. The Balaban J connectivity index is 2.88. The lowest BCUT2D eigenvalue weighted by Crippen LogP contribution is -2.10. The van der Waals surface area contributed by atoms with Crippen LogP contribution in [0.15, 0.2) is 6.20 Å². The molecule has 0 bridgehead atoms. The zero-order valence-electron chi connectivity index (χ0n) is 13.6. The fourth-order valence-electron chi connectivity index (χ4n) is 2.64. The van der Waals surface area contributed by atoms with Gasteiger partial charge in [0.1, 0.15) is 17.5 Å². The lowest BCUT2D eigenvalue weighted by Gasteiger charge is -2.18. The standard InChI is InChI=1S/C16H19N5O2/c1-5-9-12(11-7-19-21-14(11)16(22)23-4)10(6-17)15(18)20-13(9)8(2)3/h7-8H,5H2,1-4H3,(H2,18,20)(H,19,21). The Morgan fingerprint density at radius 1 is 1.52 bits per heavy atom. The number of rotatable bonds is 4. The van der Waals surface area contributed by atoms with Crippen LogP contribution in [-0.4, -0.2) is 28.3 Å². The Kier molecular flexibility index (Phi) is 4.65. The second kappa shape index (κ2) is 6.48. The summed E-state index contributed by atoms with van der Waals surface area (Å²) in [7, 11) is 1.29. The third-order valence-electron chi connectivity index (χ3n) is 3.67. The van der Waals surface area contributed by atoms with E-state index in [2.05, 4.69) is 21.3 Å². The van der Waals surface area contributed by atoms with Gasteiger partial charge in [0, 0.05) is 16.8 Å². The van der Waals surface area contributed by atoms with Crippen molar-refractivity contribution in [1.82, 2.24) is 15.2 Å². The maximum atomic E-state index is 11.9. The molecule has 7 heteroatoms. The Labute approximate surface area is 134 Å². The molecule has 0 aliphatic heterocycles. The largest absolute Gasteiger partial charge is 0.464 e. The van der Waals surface area contributed by atoms with Gasteiger partial charge in [0.2, 0.25) is 0 Å². The predicted molar refractivity (Wildman–Crippen MR) is 85.8 cm³/mol. The van der Waals surface area contributed by atoms with Crippen LogP contribution in [0, 0.1) is 11.3 Å². The number of anilines is 1. The van der Waals surface area contributed by atoms with Gasteiger partial charge >= 0.3 is 5.97 Å². The van der Waals surface area contributed by atoms with Gasteiger partial charge < -0.3 is 10.5 Å². The zero-order valence-corrected chi connectivity index (χ0v) is 13.6. The van der Waals surface area contributed by atoms with Crippen LogP contribution in [0.25, 0.3) is 11.1 Å². The lowest BCUT2D eigenvalue weighted by molar-refractivity contribution is 0.0595. The van der Waals surface area contributed by atoms with Crippen LogP contribution >= 0.6 is 0 Å². The van der Waals surface area contributed by atoms with Crippen LogP contribution in [0.4, 0.5) is 5.82 Å². The second-order valence-electron chi connectivity index (χ2n) is 5.38. The summed E-state index contributed by atoms with van der Waals surface area (Å²) in [5, 5.41) is 16.1. The summed E-state index contributed by atoms with van der Waals surface area (Å²) in [5.41, 5.74) is 9.22. The molecule has 0 aliphatic rings. The number of esters is 1. The van der Waals surface area contributed by atoms with E-state index in [-0.39, 0.29) is 23.0 Å². The van der Waals surface area contributed by atoms with Crippen LogP contribution in [0.1, 0.15) is 54.0 Å². The van der Waals surface area contributed by atoms with Crippen molar-refractivity contribution in [2.24, 2.45) is 0 Å². The van der Waals surface area contributed by atoms with E-state index in [4.69, 9.17) is 10.5 Å². The molecule has 0 radical (unpaired) electrons. The molecule has 0 amide bonds. The number of H-pyrrole nitrogens is 1. The van der Waals surface area contributed by atoms with Crippen molar-refractivity contribution in [3.8, 4) is 17.2 Å². The molecule has 0 fully saturated rings. The highest BCUT2D eigenvalue weighted by Crippen LogP contribution is 2.36. The quantitative estimate of drug-likeness (QED) is 0.837. The van der Waals surface area contributed by atoms with E-state index < -0.39 is 5.97 Å². The summed E-state index contributed by atoms with van der Waals surface area (Å²) in [5.74, 6) is -0.266. The fraction of sp³-hybridized carbons (Fsp3) is 0.375. The second-order valence-corrected chi connectivity index (χ2v) is 5.38. The minimum atomic E-state index is -0.551. The number of nitrogens with two attached hydrogens (primary N) is 1. The summed E-state index contributed by atoms with van der Waals surface area (Å²) in [4.78, 5) is 16.3. The Hall–Kier alpha value is -2.88. The molecule has 2 aromatic heterocycles. The van der Waals surface area contributed by atoms with Crippen molar-refractivity contribution in [2.45, 2.75) is 33.1 Å². The van der Waals surface area contributed by atoms with Crippen molar-refractivity contribution in [1.29, 1.82) is 5.26 Å². The molecule has 0 aliphatic carbocycles. The van der Waals surface area contributed by atoms with E-state index in [9.17, 15) is 10.1 Å². The zero-order chi connectivity index (χ0) is 17.1. The van der Waals surface area contributed by atoms with Gasteiger partial charge in [-0.15, -0.1) is 0 Å². The Bertz CT molecular complexity index is 786. The topological polar surface area (TPSA) is 118 Å². The molecule has 120 valence electrons.